The van der Waals surface area contributed by atoms with Gasteiger partial charge in [0.1, 0.15) is 0 Å². The van der Waals surface area contributed by atoms with Crippen LogP contribution in [0.1, 0.15) is 106 Å². The van der Waals surface area contributed by atoms with E-state index in [2.05, 4.69) is 53.7 Å². The van der Waals surface area contributed by atoms with Crippen molar-refractivity contribution in [2.45, 2.75) is 112 Å². The second kappa shape index (κ2) is 8.26. The van der Waals surface area contributed by atoms with E-state index in [1.807, 2.05) is 12.5 Å². The van der Waals surface area contributed by atoms with Crippen LogP contribution in [0.15, 0.2) is 23.3 Å². The van der Waals surface area contributed by atoms with Crippen molar-refractivity contribution in [2.24, 2.45) is 45.3 Å². The van der Waals surface area contributed by atoms with Gasteiger partial charge >= 0.3 is 0 Å². The molecule has 0 radical (unpaired) electrons. The normalized spacial score (nSPS) is 46.7. The first kappa shape index (κ1) is 24.5. The molecule has 0 unspecified atom stereocenters. The Bertz CT molecular complexity index is 778. The standard InChI is InChI=1S/C30H50O2/c1-20(19-31)9-8-10-21(2)22-13-17-30(7)24-11-12-25-27(3,4)26(32)15-16-28(25,5)23(24)14-18-29(22,30)6/h9,11,21-23,25-26,31-32H,8,10,12-19H2,1-7H3/t21-,22+,23-,25-,26-,28+,29-,30+/m0/s1. The first-order chi connectivity index (χ1) is 14.9. The Morgan fingerprint density at radius 2 is 1.81 bits per heavy atom. The van der Waals surface area contributed by atoms with Crippen LogP contribution in [-0.2, 0) is 0 Å². The highest BCUT2D eigenvalue weighted by molar-refractivity contribution is 5.33. The molecule has 3 saturated carbocycles. The fraction of sp³-hybridized carbons (Fsp3) is 0.867. The summed E-state index contributed by atoms with van der Waals surface area (Å²) in [7, 11) is 0. The predicted octanol–water partition coefficient (Wildman–Crippen LogP) is 7.31. The average molecular weight is 443 g/mol. The summed E-state index contributed by atoms with van der Waals surface area (Å²) in [5, 5.41) is 20.1. The Labute approximate surface area is 198 Å². The van der Waals surface area contributed by atoms with E-state index < -0.39 is 0 Å². The van der Waals surface area contributed by atoms with Crippen molar-refractivity contribution < 1.29 is 10.2 Å². The second-order valence-corrected chi connectivity index (χ2v) is 13.6. The van der Waals surface area contributed by atoms with E-state index in [0.29, 0.717) is 28.1 Å². The molecule has 0 aromatic heterocycles. The van der Waals surface area contributed by atoms with Gasteiger partial charge in [0.05, 0.1) is 12.7 Å². The van der Waals surface area contributed by atoms with Crippen molar-refractivity contribution in [1.82, 2.24) is 0 Å². The van der Waals surface area contributed by atoms with Gasteiger partial charge in [0.15, 0.2) is 0 Å². The van der Waals surface area contributed by atoms with E-state index >= 15 is 0 Å². The molecule has 0 aliphatic heterocycles. The number of hydrogen-bond acceptors (Lipinski definition) is 2. The van der Waals surface area contributed by atoms with Gasteiger partial charge in [-0.2, -0.15) is 0 Å². The van der Waals surface area contributed by atoms with Gasteiger partial charge in [-0.05, 0) is 110 Å². The SMILES string of the molecule is CC(=CCC[C@H](C)[C@H]1CC[C@]2(C)C3=CC[C@H]4C(C)(C)[C@@H](O)CC[C@]4(C)[C@H]3CC[C@@]12C)CO. The minimum absolute atomic E-state index is 0.0175. The van der Waals surface area contributed by atoms with Crippen molar-refractivity contribution in [1.29, 1.82) is 0 Å². The summed E-state index contributed by atoms with van der Waals surface area (Å²) in [5.74, 6) is 2.83. The quantitative estimate of drug-likeness (QED) is 0.438. The van der Waals surface area contributed by atoms with E-state index in [4.69, 9.17) is 0 Å². The Balaban J connectivity index is 1.59. The van der Waals surface area contributed by atoms with Crippen molar-refractivity contribution in [3.63, 3.8) is 0 Å². The van der Waals surface area contributed by atoms with E-state index in [1.165, 1.54) is 38.5 Å². The average Bonchev–Trinajstić information content (AvgIpc) is 3.02. The zero-order chi connectivity index (χ0) is 23.5. The molecular weight excluding hydrogens is 392 g/mol. The number of rotatable bonds is 5. The Hall–Kier alpha value is -0.600. The predicted molar refractivity (Wildman–Crippen MR) is 134 cm³/mol. The summed E-state index contributed by atoms with van der Waals surface area (Å²) in [6.45, 7) is 17.2. The zero-order valence-electron chi connectivity index (χ0n) is 22.0. The Morgan fingerprint density at radius 3 is 2.50 bits per heavy atom. The third-order valence-electron chi connectivity index (χ3n) is 11.9. The molecule has 3 fully saturated rings. The molecule has 8 atom stereocenters. The number of hydrogen-bond donors (Lipinski definition) is 2. The molecule has 4 aliphatic rings. The monoisotopic (exact) mass is 442 g/mol. The molecule has 0 bridgehead atoms. The van der Waals surface area contributed by atoms with E-state index in [9.17, 15) is 10.2 Å². The highest BCUT2D eigenvalue weighted by Gasteiger charge is 2.65. The number of allylic oxidation sites excluding steroid dienone is 3. The molecule has 2 N–H and O–H groups in total. The van der Waals surface area contributed by atoms with Crippen LogP contribution < -0.4 is 0 Å². The van der Waals surface area contributed by atoms with Crippen LogP contribution in [0.3, 0.4) is 0 Å². The minimum atomic E-state index is -0.153. The van der Waals surface area contributed by atoms with E-state index in [-0.39, 0.29) is 18.1 Å². The maximum atomic E-state index is 10.8. The highest BCUT2D eigenvalue weighted by atomic mass is 16.3. The van der Waals surface area contributed by atoms with Crippen molar-refractivity contribution in [3.8, 4) is 0 Å². The lowest BCUT2D eigenvalue weighted by atomic mass is 9.41. The van der Waals surface area contributed by atoms with Gasteiger partial charge in [0.25, 0.3) is 0 Å². The summed E-state index contributed by atoms with van der Waals surface area (Å²) in [6, 6.07) is 0. The van der Waals surface area contributed by atoms with Crippen LogP contribution in [0.5, 0.6) is 0 Å². The number of fused-ring (bicyclic) bond motifs is 5. The maximum Gasteiger partial charge on any atom is 0.0639 e. The number of aliphatic hydroxyl groups excluding tert-OH is 2. The largest absolute Gasteiger partial charge is 0.393 e. The van der Waals surface area contributed by atoms with Crippen molar-refractivity contribution >= 4 is 0 Å². The van der Waals surface area contributed by atoms with Crippen LogP contribution in [-0.4, -0.2) is 22.9 Å². The maximum absolute atomic E-state index is 10.8. The number of aliphatic hydroxyl groups is 2. The first-order valence-electron chi connectivity index (χ1n) is 13.6. The molecule has 0 aromatic carbocycles. The molecule has 0 spiro atoms. The molecule has 4 rings (SSSR count). The molecule has 0 heterocycles. The fourth-order valence-electron chi connectivity index (χ4n) is 9.51. The molecule has 32 heavy (non-hydrogen) atoms. The van der Waals surface area contributed by atoms with Gasteiger partial charge < -0.3 is 10.2 Å². The van der Waals surface area contributed by atoms with Gasteiger partial charge in [-0.1, -0.05) is 64.8 Å². The first-order valence-corrected chi connectivity index (χ1v) is 13.6. The molecule has 0 aromatic rings. The molecule has 2 heteroatoms. The molecule has 2 nitrogen and oxygen atoms in total. The highest BCUT2D eigenvalue weighted by Crippen LogP contribution is 2.73. The van der Waals surface area contributed by atoms with Gasteiger partial charge in [-0.15, -0.1) is 0 Å². The minimum Gasteiger partial charge on any atom is -0.393 e. The summed E-state index contributed by atoms with van der Waals surface area (Å²) in [4.78, 5) is 0. The lowest BCUT2D eigenvalue weighted by Gasteiger charge is -2.64. The second-order valence-electron chi connectivity index (χ2n) is 13.6. The van der Waals surface area contributed by atoms with Gasteiger partial charge in [0, 0.05) is 0 Å². The lowest BCUT2D eigenvalue weighted by molar-refractivity contribution is -0.131. The van der Waals surface area contributed by atoms with Crippen LogP contribution in [0.2, 0.25) is 0 Å². The van der Waals surface area contributed by atoms with Gasteiger partial charge in [-0.3, -0.25) is 0 Å². The Morgan fingerprint density at radius 1 is 1.09 bits per heavy atom. The molecular formula is C30H50O2. The molecule has 0 amide bonds. The van der Waals surface area contributed by atoms with Gasteiger partial charge in [-0.25, -0.2) is 0 Å². The van der Waals surface area contributed by atoms with Crippen LogP contribution in [0.4, 0.5) is 0 Å². The lowest BCUT2D eigenvalue weighted by Crippen LogP contribution is -2.58. The summed E-state index contributed by atoms with van der Waals surface area (Å²) < 4.78 is 0. The molecule has 182 valence electrons. The van der Waals surface area contributed by atoms with E-state index in [0.717, 1.165) is 36.7 Å². The van der Waals surface area contributed by atoms with Crippen LogP contribution in [0.25, 0.3) is 0 Å². The molecule has 0 saturated heterocycles. The third-order valence-corrected chi connectivity index (χ3v) is 11.9. The zero-order valence-corrected chi connectivity index (χ0v) is 22.0. The van der Waals surface area contributed by atoms with Crippen molar-refractivity contribution in [2.75, 3.05) is 6.61 Å². The van der Waals surface area contributed by atoms with E-state index in [1.54, 1.807) is 0 Å². The molecule has 4 aliphatic carbocycles. The van der Waals surface area contributed by atoms with Gasteiger partial charge in [0.2, 0.25) is 0 Å². The Kier molecular flexibility index (Phi) is 6.33. The fourth-order valence-corrected chi connectivity index (χ4v) is 9.51. The topological polar surface area (TPSA) is 40.5 Å². The summed E-state index contributed by atoms with van der Waals surface area (Å²) in [5.41, 5.74) is 4.01. The van der Waals surface area contributed by atoms with Crippen LogP contribution >= 0.6 is 0 Å². The van der Waals surface area contributed by atoms with Crippen molar-refractivity contribution in [3.05, 3.63) is 23.3 Å². The summed E-state index contributed by atoms with van der Waals surface area (Å²) in [6.07, 6.45) is 15.8. The third kappa shape index (κ3) is 3.41. The smallest absolute Gasteiger partial charge is 0.0639 e. The summed E-state index contributed by atoms with van der Waals surface area (Å²) >= 11 is 0. The van der Waals surface area contributed by atoms with Crippen LogP contribution in [0, 0.1) is 45.3 Å².